The zero-order valence-corrected chi connectivity index (χ0v) is 20.8. The fourth-order valence-corrected chi connectivity index (χ4v) is 4.79. The molecule has 0 aromatic heterocycles. The highest BCUT2D eigenvalue weighted by Gasteiger charge is 2.64. The number of amidine groups is 1. The summed E-state index contributed by atoms with van der Waals surface area (Å²) < 4.78 is 54.2. The number of rotatable bonds is 10. The number of benzene rings is 2. The van der Waals surface area contributed by atoms with Crippen molar-refractivity contribution in [2.75, 3.05) is 19.5 Å². The van der Waals surface area contributed by atoms with Crippen molar-refractivity contribution >= 4 is 16.1 Å². The van der Waals surface area contributed by atoms with Crippen LogP contribution in [0.5, 0.6) is 0 Å². The predicted molar refractivity (Wildman–Crippen MR) is 129 cm³/mol. The van der Waals surface area contributed by atoms with Crippen molar-refractivity contribution < 1.29 is 36.4 Å². The van der Waals surface area contributed by atoms with Gasteiger partial charge in [0.1, 0.15) is 24.1 Å². The van der Waals surface area contributed by atoms with E-state index in [0.717, 1.165) is 17.4 Å². The Kier molecular flexibility index (Phi) is 7.00. The van der Waals surface area contributed by atoms with E-state index in [2.05, 4.69) is 5.16 Å². The summed E-state index contributed by atoms with van der Waals surface area (Å²) in [6.07, 6.45) is 0.687. The summed E-state index contributed by atoms with van der Waals surface area (Å²) in [5, 5.41) is 4.00. The average Bonchev–Trinajstić information content (AvgIpc) is 3.35. The Labute approximate surface area is 210 Å². The van der Waals surface area contributed by atoms with Crippen LogP contribution in [0, 0.1) is 0 Å². The zero-order valence-electron chi connectivity index (χ0n) is 20.0. The van der Waals surface area contributed by atoms with Gasteiger partial charge < -0.3 is 23.8 Å². The molecule has 3 aliphatic rings. The second-order valence-corrected chi connectivity index (χ2v) is 10.6. The summed E-state index contributed by atoms with van der Waals surface area (Å²) in [6.45, 7) is 2.01. The van der Waals surface area contributed by atoms with E-state index >= 15 is 0 Å². The first-order valence-electron chi connectivity index (χ1n) is 11.5. The van der Waals surface area contributed by atoms with Crippen LogP contribution in [-0.4, -0.2) is 62.8 Å². The Hall–Kier alpha value is -2.96. The zero-order chi connectivity index (χ0) is 25.2. The van der Waals surface area contributed by atoms with Gasteiger partial charge in [0.2, 0.25) is 0 Å². The smallest absolute Gasteiger partial charge is 0.334 e. The monoisotopic (exact) mass is 516 g/mol. The molecule has 0 radical (unpaired) electrons. The third kappa shape index (κ3) is 5.40. The third-order valence-corrected chi connectivity index (χ3v) is 6.57. The average molecular weight is 517 g/mol. The van der Waals surface area contributed by atoms with Crippen molar-refractivity contribution in [3.63, 3.8) is 0 Å². The lowest BCUT2D eigenvalue weighted by molar-refractivity contribution is -0.174. The van der Waals surface area contributed by atoms with E-state index in [-0.39, 0.29) is 25.8 Å². The molecular weight excluding hydrogens is 488 g/mol. The number of nitrogens with zero attached hydrogens (tertiary/aromatic N) is 2. The molecule has 36 heavy (non-hydrogen) atoms. The Bertz CT molecular complexity index is 1220. The van der Waals surface area contributed by atoms with Gasteiger partial charge in [-0.15, -0.1) is 0 Å². The number of allylic oxidation sites excluding steroid dienone is 1. The lowest BCUT2D eigenvalue weighted by atomic mass is 9.96. The molecule has 0 N–H and O–H groups in total. The number of hydrogen-bond acceptors (Lipinski definition) is 10. The van der Waals surface area contributed by atoms with Crippen molar-refractivity contribution in [1.29, 1.82) is 0 Å². The van der Waals surface area contributed by atoms with Crippen LogP contribution >= 0.6 is 0 Å². The van der Waals surface area contributed by atoms with Gasteiger partial charge in [0.25, 0.3) is 10.1 Å². The minimum atomic E-state index is -3.77. The van der Waals surface area contributed by atoms with Gasteiger partial charge in [-0.25, -0.2) is 0 Å². The second-order valence-electron chi connectivity index (χ2n) is 8.93. The maximum atomic E-state index is 12.0. The van der Waals surface area contributed by atoms with Crippen LogP contribution < -0.4 is 0 Å². The van der Waals surface area contributed by atoms with E-state index in [0.29, 0.717) is 12.4 Å². The summed E-state index contributed by atoms with van der Waals surface area (Å²) >= 11 is 0. The quantitative estimate of drug-likeness (QED) is 0.441. The van der Waals surface area contributed by atoms with Crippen molar-refractivity contribution in [3.05, 3.63) is 83.7 Å². The highest BCUT2D eigenvalue weighted by molar-refractivity contribution is 7.85. The van der Waals surface area contributed by atoms with E-state index < -0.39 is 34.2 Å². The summed E-state index contributed by atoms with van der Waals surface area (Å²) in [4.78, 5) is 6.95. The molecule has 10 nitrogen and oxygen atoms in total. The maximum absolute atomic E-state index is 12.0. The highest BCUT2D eigenvalue weighted by Crippen LogP contribution is 2.43. The van der Waals surface area contributed by atoms with Crippen molar-refractivity contribution in [3.8, 4) is 0 Å². The van der Waals surface area contributed by atoms with Crippen molar-refractivity contribution in [1.82, 2.24) is 4.90 Å². The first-order chi connectivity index (χ1) is 17.3. The summed E-state index contributed by atoms with van der Waals surface area (Å²) in [7, 11) is -3.77. The van der Waals surface area contributed by atoms with Gasteiger partial charge in [-0.2, -0.15) is 8.42 Å². The summed E-state index contributed by atoms with van der Waals surface area (Å²) in [5.74, 6) is 0.554. The topological polar surface area (TPSA) is 105 Å². The summed E-state index contributed by atoms with van der Waals surface area (Å²) in [6, 6.07) is 19.5. The van der Waals surface area contributed by atoms with Crippen LogP contribution in [-0.2, 0) is 51.3 Å². The Morgan fingerprint density at radius 1 is 1.00 bits per heavy atom. The Morgan fingerprint density at radius 3 is 2.33 bits per heavy atom. The highest BCUT2D eigenvalue weighted by atomic mass is 32.2. The molecular formula is C25H28N2O8S. The van der Waals surface area contributed by atoms with E-state index in [9.17, 15) is 8.42 Å². The first kappa shape index (κ1) is 24.7. The molecule has 3 aliphatic heterocycles. The van der Waals surface area contributed by atoms with E-state index in [1.54, 1.807) is 18.0 Å². The molecule has 2 aromatic rings. The second kappa shape index (κ2) is 10.2. The molecule has 0 bridgehead atoms. The molecule has 3 heterocycles. The molecule has 5 rings (SSSR count). The first-order valence-corrected chi connectivity index (χ1v) is 13.3. The minimum Gasteiger partial charge on any atom is -0.452 e. The van der Waals surface area contributed by atoms with Gasteiger partial charge in [0.05, 0.1) is 32.3 Å². The van der Waals surface area contributed by atoms with Gasteiger partial charge >= 0.3 is 6.02 Å². The molecule has 2 fully saturated rings. The van der Waals surface area contributed by atoms with Gasteiger partial charge in [-0.3, -0.25) is 9.08 Å². The number of hydrogen-bond donors (Lipinski definition) is 0. The maximum Gasteiger partial charge on any atom is 0.334 e. The van der Waals surface area contributed by atoms with E-state index in [4.69, 9.17) is 28.0 Å². The third-order valence-electron chi connectivity index (χ3n) is 6.03. The van der Waals surface area contributed by atoms with Gasteiger partial charge in [-0.1, -0.05) is 60.7 Å². The lowest BCUT2D eigenvalue weighted by Crippen LogP contribution is -2.53. The molecule has 4 atom stereocenters. The molecule has 0 spiro atoms. The van der Waals surface area contributed by atoms with Crippen LogP contribution in [0.3, 0.4) is 0 Å². The van der Waals surface area contributed by atoms with Crippen LogP contribution in [0.2, 0.25) is 0 Å². The standard InChI is InChI=1S/C25H28N2O8S/c1-18-13-27-23-21(33-24(27)26-35-18)22(31-15-20-11-7-4-8-12-20)25(34-23,17-32-36(2,28)29)16-30-14-19-9-5-3-6-10-19/h3-13,21-23H,14-17H2,1-2H3/t21-,22-,23+,25-/m0/s1. The molecule has 192 valence electrons. The van der Waals surface area contributed by atoms with Crippen molar-refractivity contribution in [2.24, 2.45) is 5.16 Å². The van der Waals surface area contributed by atoms with Gasteiger partial charge in [0, 0.05) is 0 Å². The SMILES string of the molecule is CC1=CN2C(=NO1)O[C@@H]1[C@H]2O[C@@](COCc2ccccc2)(COS(C)(=O)=O)[C@H]1OCc1ccccc1. The van der Waals surface area contributed by atoms with E-state index in [1.165, 1.54) is 0 Å². The molecule has 11 heteroatoms. The van der Waals surface area contributed by atoms with Crippen LogP contribution in [0.25, 0.3) is 0 Å². The molecule has 0 aliphatic carbocycles. The summed E-state index contributed by atoms with van der Waals surface area (Å²) in [5.41, 5.74) is 0.623. The largest absolute Gasteiger partial charge is 0.452 e. The molecule has 2 aromatic carbocycles. The minimum absolute atomic E-state index is 0.00669. The normalized spacial score (nSPS) is 26.9. The van der Waals surface area contributed by atoms with Crippen molar-refractivity contribution in [2.45, 2.75) is 44.2 Å². The fraction of sp³-hybridized carbons (Fsp3) is 0.400. The molecule has 2 saturated heterocycles. The number of oxime groups is 1. The number of fused-ring (bicyclic) bond motifs is 3. The fourth-order valence-electron chi connectivity index (χ4n) is 4.38. The number of ether oxygens (including phenoxy) is 4. The van der Waals surface area contributed by atoms with Gasteiger partial charge in [0.15, 0.2) is 12.3 Å². The molecule has 0 saturated carbocycles. The Balaban J connectivity index is 1.43. The molecule has 0 amide bonds. The Morgan fingerprint density at radius 2 is 1.67 bits per heavy atom. The van der Waals surface area contributed by atoms with Crippen LogP contribution in [0.4, 0.5) is 0 Å². The lowest BCUT2D eigenvalue weighted by Gasteiger charge is -2.35. The van der Waals surface area contributed by atoms with Gasteiger partial charge in [-0.05, 0) is 23.2 Å². The molecule has 0 unspecified atom stereocenters. The van der Waals surface area contributed by atoms with E-state index in [1.807, 2.05) is 60.7 Å². The predicted octanol–water partition coefficient (Wildman–Crippen LogP) is 2.72. The van der Waals surface area contributed by atoms with Crippen LogP contribution in [0.1, 0.15) is 18.1 Å². The van der Waals surface area contributed by atoms with Crippen LogP contribution in [0.15, 0.2) is 77.8 Å².